The Balaban J connectivity index is 1.40. The molecule has 0 spiro atoms. The molecule has 1 aliphatic heterocycles. The van der Waals surface area contributed by atoms with Crippen LogP contribution in [-0.2, 0) is 5.92 Å². The number of hydrogen-bond donors (Lipinski definition) is 2. The van der Waals surface area contributed by atoms with Crippen LogP contribution in [0.4, 0.5) is 8.78 Å². The fourth-order valence-electron chi connectivity index (χ4n) is 4.09. The number of thiophene rings is 1. The van der Waals surface area contributed by atoms with Crippen LogP contribution in [0.25, 0.3) is 21.5 Å². The van der Waals surface area contributed by atoms with Crippen LogP contribution in [0.1, 0.15) is 15.2 Å². The van der Waals surface area contributed by atoms with Gasteiger partial charge in [0.15, 0.2) is 5.84 Å². The Morgan fingerprint density at radius 2 is 1.86 bits per heavy atom. The first-order valence-corrected chi connectivity index (χ1v) is 13.4. The number of carbonyl (C=O) groups excluding carboxylic acids is 1. The van der Waals surface area contributed by atoms with Crippen molar-refractivity contribution in [2.45, 2.75) is 5.92 Å². The summed E-state index contributed by atoms with van der Waals surface area (Å²) in [6.45, 7) is 2.86. The molecular weight excluding hydrogens is 516 g/mol. The second kappa shape index (κ2) is 10.1. The minimum atomic E-state index is -3.70. The molecule has 4 heterocycles. The molecule has 0 unspecified atom stereocenters. The van der Waals surface area contributed by atoms with Crippen molar-refractivity contribution in [3.63, 3.8) is 0 Å². The van der Waals surface area contributed by atoms with Crippen LogP contribution in [0, 0.1) is 10.8 Å². The predicted octanol–water partition coefficient (Wildman–Crippen LogP) is 4.29. The van der Waals surface area contributed by atoms with Gasteiger partial charge in [-0.05, 0) is 48.7 Å². The van der Waals surface area contributed by atoms with Crippen LogP contribution in [-0.4, -0.2) is 68.1 Å². The van der Waals surface area contributed by atoms with Crippen LogP contribution in [0.2, 0.25) is 0 Å². The molecule has 1 saturated heterocycles. The van der Waals surface area contributed by atoms with Gasteiger partial charge in [0.25, 0.3) is 5.91 Å². The topological polar surface area (TPSA) is 102 Å². The van der Waals surface area contributed by atoms with Crippen molar-refractivity contribution in [3.8, 4) is 10.6 Å². The summed E-state index contributed by atoms with van der Waals surface area (Å²) >= 11 is 2.87. The molecule has 5 rings (SSSR count). The monoisotopic (exact) mass is 539 g/mol. The van der Waals surface area contributed by atoms with E-state index >= 15 is 8.78 Å². The number of aromatic nitrogens is 3. The van der Waals surface area contributed by atoms with Gasteiger partial charge in [-0.2, -0.15) is 18.6 Å². The first-order valence-electron chi connectivity index (χ1n) is 11.4. The van der Waals surface area contributed by atoms with Crippen molar-refractivity contribution >= 4 is 45.9 Å². The van der Waals surface area contributed by atoms with Gasteiger partial charge in [0.1, 0.15) is 11.2 Å². The second-order valence-corrected chi connectivity index (χ2v) is 10.4. The molecule has 0 atom stereocenters. The minimum absolute atomic E-state index is 0.0768. The van der Waals surface area contributed by atoms with Crippen molar-refractivity contribution in [1.29, 1.82) is 10.8 Å². The van der Waals surface area contributed by atoms with Gasteiger partial charge in [-0.25, -0.2) is 4.31 Å². The number of amides is 1. The number of pyridine rings is 1. The number of benzene rings is 1. The van der Waals surface area contributed by atoms with Crippen LogP contribution in [0.5, 0.6) is 0 Å². The van der Waals surface area contributed by atoms with Gasteiger partial charge in [-0.1, -0.05) is 24.1 Å². The Morgan fingerprint density at radius 3 is 2.62 bits per heavy atom. The van der Waals surface area contributed by atoms with Gasteiger partial charge in [0, 0.05) is 43.3 Å². The Kier molecular flexibility index (Phi) is 6.88. The molecule has 3 aromatic heterocycles. The molecule has 0 bridgehead atoms. The molecular formula is C25H23F2N7OS2. The quantitative estimate of drug-likeness (QED) is 0.224. The highest BCUT2D eigenvalue weighted by atomic mass is 32.2. The van der Waals surface area contributed by atoms with Crippen LogP contribution < -0.4 is 5.49 Å². The van der Waals surface area contributed by atoms with Gasteiger partial charge in [0.05, 0.1) is 15.3 Å². The molecule has 0 radical (unpaired) electrons. The third-order valence-corrected chi connectivity index (χ3v) is 8.14. The number of fused-ring (bicyclic) bond motifs is 1. The molecule has 12 heteroatoms. The molecule has 1 fully saturated rings. The van der Waals surface area contributed by atoms with E-state index in [1.165, 1.54) is 41.7 Å². The summed E-state index contributed by atoms with van der Waals surface area (Å²) in [5.74, 6) is -4.92. The predicted molar refractivity (Wildman–Crippen MR) is 141 cm³/mol. The van der Waals surface area contributed by atoms with E-state index in [0.717, 1.165) is 13.1 Å². The zero-order chi connectivity index (χ0) is 26.2. The number of rotatable bonds is 5. The summed E-state index contributed by atoms with van der Waals surface area (Å²) in [4.78, 5) is 20.0. The van der Waals surface area contributed by atoms with Crippen molar-refractivity contribution in [1.82, 2.24) is 24.0 Å². The van der Waals surface area contributed by atoms with E-state index in [1.54, 1.807) is 47.3 Å². The Hall–Kier alpha value is -3.48. The van der Waals surface area contributed by atoms with Crippen LogP contribution in [0.3, 0.4) is 0 Å². The molecule has 4 aromatic rings. The number of hydrogen-bond acceptors (Lipinski definition) is 8. The number of carbonyl (C=O) groups is 1. The number of nitrogens with zero attached hydrogens (tertiary/aromatic N) is 5. The van der Waals surface area contributed by atoms with E-state index in [-0.39, 0.29) is 17.0 Å². The summed E-state index contributed by atoms with van der Waals surface area (Å²) in [5.41, 5.74) is 0.130. The summed E-state index contributed by atoms with van der Waals surface area (Å²) in [5, 5.41) is 21.1. The van der Waals surface area contributed by atoms with Crippen molar-refractivity contribution < 1.29 is 13.6 Å². The number of halogens is 2. The highest BCUT2D eigenvalue weighted by molar-refractivity contribution is 7.96. The number of alkyl halides is 2. The zero-order valence-electron chi connectivity index (χ0n) is 19.8. The Labute approximate surface area is 219 Å². The summed E-state index contributed by atoms with van der Waals surface area (Å²) in [7, 11) is 0. The number of piperazine rings is 1. The van der Waals surface area contributed by atoms with Gasteiger partial charge in [-0.15, -0.1) is 11.3 Å². The molecule has 1 amide bonds. The lowest BCUT2D eigenvalue weighted by Crippen LogP contribution is -2.46. The third-order valence-electron chi connectivity index (χ3n) is 6.16. The van der Waals surface area contributed by atoms with E-state index < -0.39 is 11.8 Å². The third kappa shape index (κ3) is 4.91. The molecule has 37 heavy (non-hydrogen) atoms. The summed E-state index contributed by atoms with van der Waals surface area (Å²) in [6.07, 6.45) is 3.59. The lowest BCUT2D eigenvalue weighted by atomic mass is 10.0. The highest BCUT2D eigenvalue weighted by Gasteiger charge is 2.39. The average molecular weight is 540 g/mol. The van der Waals surface area contributed by atoms with Crippen molar-refractivity contribution in [3.05, 3.63) is 76.7 Å². The Morgan fingerprint density at radius 1 is 1.08 bits per heavy atom. The lowest BCUT2D eigenvalue weighted by Gasteiger charge is -2.32. The van der Waals surface area contributed by atoms with E-state index in [1.807, 2.05) is 6.26 Å². The van der Waals surface area contributed by atoms with E-state index in [4.69, 9.17) is 10.8 Å². The van der Waals surface area contributed by atoms with Crippen LogP contribution >= 0.6 is 23.3 Å². The fraction of sp³-hybridized carbons (Fsp3) is 0.240. The van der Waals surface area contributed by atoms with E-state index in [0.29, 0.717) is 44.1 Å². The SMILES string of the molecule is CSN1CCN(C(=O)c2ccc(-c3ccc(=N)n(C(=N)C(F)(F)c4ccc5ncccc5c4)n3)s2)CC1. The van der Waals surface area contributed by atoms with Crippen molar-refractivity contribution in [2.75, 3.05) is 32.4 Å². The maximum atomic E-state index is 15.4. The first-order chi connectivity index (χ1) is 17.8. The van der Waals surface area contributed by atoms with Gasteiger partial charge >= 0.3 is 5.92 Å². The maximum absolute atomic E-state index is 15.4. The first kappa shape index (κ1) is 25.2. The molecule has 1 aliphatic rings. The van der Waals surface area contributed by atoms with Gasteiger partial charge in [0.2, 0.25) is 0 Å². The number of nitrogens with one attached hydrogen (secondary N) is 2. The van der Waals surface area contributed by atoms with E-state index in [9.17, 15) is 4.79 Å². The Bertz CT molecular complexity index is 1540. The normalized spacial score (nSPS) is 14.7. The smallest absolute Gasteiger partial charge is 0.331 e. The second-order valence-electron chi connectivity index (χ2n) is 8.42. The van der Waals surface area contributed by atoms with E-state index in [2.05, 4.69) is 14.4 Å². The van der Waals surface area contributed by atoms with Crippen molar-refractivity contribution in [2.24, 2.45) is 0 Å². The van der Waals surface area contributed by atoms with Gasteiger partial charge in [-0.3, -0.25) is 20.6 Å². The minimum Gasteiger partial charge on any atom is -0.335 e. The molecule has 8 nitrogen and oxygen atoms in total. The highest BCUT2D eigenvalue weighted by Crippen LogP contribution is 2.32. The summed E-state index contributed by atoms with van der Waals surface area (Å²) in [6, 6.07) is 13.6. The summed E-state index contributed by atoms with van der Waals surface area (Å²) < 4.78 is 33.6. The van der Waals surface area contributed by atoms with Gasteiger partial charge < -0.3 is 4.90 Å². The van der Waals surface area contributed by atoms with Crippen LogP contribution in [0.15, 0.2) is 60.8 Å². The lowest BCUT2D eigenvalue weighted by molar-refractivity contribution is 0.0695. The molecule has 190 valence electrons. The average Bonchev–Trinajstić information content (AvgIpc) is 3.42. The standard InChI is InChI=1S/C25H23F2N7OS2/c1-36-33-13-11-32(12-14-33)23(35)21-8-7-20(37-21)19-6-9-22(28)34(31-19)24(29)25(26,27)17-4-5-18-16(15-17)3-2-10-30-18/h2-10,15,28-29H,11-14H2,1H3. The fourth-order valence-corrected chi connectivity index (χ4v) is 5.55. The molecule has 0 aliphatic carbocycles. The molecule has 0 saturated carbocycles. The zero-order valence-corrected chi connectivity index (χ0v) is 21.5. The molecule has 1 aromatic carbocycles. The maximum Gasteiger partial charge on any atom is 0.331 e. The largest absolute Gasteiger partial charge is 0.335 e. The molecule has 2 N–H and O–H groups in total.